The number of hydrogen-bond acceptors (Lipinski definition) is 3. The Kier molecular flexibility index (Phi) is 6.72. The molecule has 2 N–H and O–H groups in total. The fourth-order valence-corrected chi connectivity index (χ4v) is 2.05. The summed E-state index contributed by atoms with van der Waals surface area (Å²) in [5.41, 5.74) is 1.01. The zero-order valence-corrected chi connectivity index (χ0v) is 13.1. The number of carbonyl (C=O) groups is 2. The maximum absolute atomic E-state index is 12.0. The van der Waals surface area contributed by atoms with Crippen molar-refractivity contribution < 1.29 is 14.3 Å². The van der Waals surface area contributed by atoms with Gasteiger partial charge in [-0.3, -0.25) is 0 Å². The number of carbonyl (C=O) groups excluding carboxylic acids is 2. The number of rotatable bonds is 6. The predicted molar refractivity (Wildman–Crippen MR) is 81.8 cm³/mol. The van der Waals surface area contributed by atoms with E-state index in [1.54, 1.807) is 0 Å². The van der Waals surface area contributed by atoms with Gasteiger partial charge < -0.3 is 15.4 Å². The summed E-state index contributed by atoms with van der Waals surface area (Å²) in [6.45, 7) is 5.87. The molecular weight excluding hydrogens is 268 g/mol. The molecule has 2 atom stereocenters. The highest BCUT2D eigenvalue weighted by molar-refractivity contribution is 5.83. The number of ether oxygens (including phenoxy) is 1. The molecule has 1 unspecified atom stereocenters. The van der Waals surface area contributed by atoms with Crippen LogP contribution in [0.4, 0.5) is 4.79 Å². The highest BCUT2D eigenvalue weighted by Gasteiger charge is 2.23. The van der Waals surface area contributed by atoms with Crippen molar-refractivity contribution in [1.82, 2.24) is 10.6 Å². The van der Waals surface area contributed by atoms with Crippen LogP contribution in [0, 0.1) is 5.92 Å². The molecule has 21 heavy (non-hydrogen) atoms. The summed E-state index contributed by atoms with van der Waals surface area (Å²) in [6, 6.07) is 8.51. The first-order valence-electron chi connectivity index (χ1n) is 7.13. The maximum Gasteiger partial charge on any atom is 0.328 e. The molecule has 5 heteroatoms. The Bertz CT molecular complexity index is 460. The molecule has 1 aromatic carbocycles. The van der Waals surface area contributed by atoms with Crippen LogP contribution >= 0.6 is 0 Å². The van der Waals surface area contributed by atoms with Gasteiger partial charge in [0.1, 0.15) is 6.04 Å². The van der Waals surface area contributed by atoms with E-state index in [-0.39, 0.29) is 18.0 Å². The van der Waals surface area contributed by atoms with Crippen LogP contribution in [0.15, 0.2) is 30.3 Å². The lowest BCUT2D eigenvalue weighted by Crippen LogP contribution is -2.47. The third-order valence-electron chi connectivity index (χ3n) is 3.15. The van der Waals surface area contributed by atoms with Crippen molar-refractivity contribution in [2.24, 2.45) is 5.92 Å². The van der Waals surface area contributed by atoms with E-state index >= 15 is 0 Å². The van der Waals surface area contributed by atoms with Gasteiger partial charge in [0.2, 0.25) is 0 Å². The van der Waals surface area contributed by atoms with Crippen LogP contribution in [0.25, 0.3) is 0 Å². The monoisotopic (exact) mass is 292 g/mol. The van der Waals surface area contributed by atoms with Crippen molar-refractivity contribution >= 4 is 12.0 Å². The minimum absolute atomic E-state index is 0.136. The number of benzene rings is 1. The summed E-state index contributed by atoms with van der Waals surface area (Å²) in [7, 11) is 1.32. The lowest BCUT2D eigenvalue weighted by atomic mass is 10.0. The van der Waals surface area contributed by atoms with Crippen molar-refractivity contribution in [3.8, 4) is 0 Å². The highest BCUT2D eigenvalue weighted by atomic mass is 16.5. The number of esters is 1. The summed E-state index contributed by atoms with van der Waals surface area (Å²) in [4.78, 5) is 23.7. The zero-order valence-electron chi connectivity index (χ0n) is 13.1. The standard InChI is InChI=1S/C16H24N2O3/c1-11(2)10-14(15(19)21-4)18-16(20)17-12(3)13-8-6-5-7-9-13/h5-9,11-12,14H,10H2,1-4H3,(H2,17,18,20)/t12?,14-/m1/s1. The SMILES string of the molecule is COC(=O)[C@@H](CC(C)C)NC(=O)NC(C)c1ccccc1. The van der Waals surface area contributed by atoms with Gasteiger partial charge in [-0.1, -0.05) is 44.2 Å². The molecule has 0 aliphatic carbocycles. The molecule has 5 nitrogen and oxygen atoms in total. The average Bonchev–Trinajstić information content (AvgIpc) is 2.46. The van der Waals surface area contributed by atoms with Gasteiger partial charge in [0.25, 0.3) is 0 Å². The van der Waals surface area contributed by atoms with E-state index in [2.05, 4.69) is 10.6 Å². The van der Waals surface area contributed by atoms with Crippen LogP contribution < -0.4 is 10.6 Å². The molecule has 116 valence electrons. The third kappa shape index (κ3) is 5.85. The Morgan fingerprint density at radius 2 is 1.71 bits per heavy atom. The molecule has 0 saturated heterocycles. The van der Waals surface area contributed by atoms with Gasteiger partial charge in [0, 0.05) is 0 Å². The molecule has 0 spiro atoms. The average molecular weight is 292 g/mol. The lowest BCUT2D eigenvalue weighted by Gasteiger charge is -2.20. The Labute approximate surface area is 126 Å². The van der Waals surface area contributed by atoms with Gasteiger partial charge in [-0.15, -0.1) is 0 Å². The van der Waals surface area contributed by atoms with Crippen LogP contribution in [0.2, 0.25) is 0 Å². The number of methoxy groups -OCH3 is 1. The van der Waals surface area contributed by atoms with E-state index in [9.17, 15) is 9.59 Å². The minimum Gasteiger partial charge on any atom is -0.467 e. The van der Waals surface area contributed by atoms with Gasteiger partial charge in [-0.05, 0) is 24.8 Å². The lowest BCUT2D eigenvalue weighted by molar-refractivity contribution is -0.143. The number of nitrogens with one attached hydrogen (secondary N) is 2. The van der Waals surface area contributed by atoms with E-state index < -0.39 is 12.0 Å². The second-order valence-electron chi connectivity index (χ2n) is 5.46. The van der Waals surface area contributed by atoms with Crippen LogP contribution in [-0.2, 0) is 9.53 Å². The first kappa shape index (κ1) is 17.0. The normalized spacial score (nSPS) is 13.4. The molecule has 0 bridgehead atoms. The highest BCUT2D eigenvalue weighted by Crippen LogP contribution is 2.11. The van der Waals surface area contributed by atoms with Gasteiger partial charge in [-0.25, -0.2) is 9.59 Å². The van der Waals surface area contributed by atoms with Crippen molar-refractivity contribution in [3.63, 3.8) is 0 Å². The van der Waals surface area contributed by atoms with Crippen LogP contribution in [-0.4, -0.2) is 25.2 Å². The molecule has 0 saturated carbocycles. The topological polar surface area (TPSA) is 67.4 Å². The fourth-order valence-electron chi connectivity index (χ4n) is 2.05. The molecule has 0 aromatic heterocycles. The Balaban J connectivity index is 2.59. The Hall–Kier alpha value is -2.04. The summed E-state index contributed by atoms with van der Waals surface area (Å²) in [6.07, 6.45) is 0.541. The maximum atomic E-state index is 12.0. The zero-order chi connectivity index (χ0) is 15.8. The van der Waals surface area contributed by atoms with Gasteiger partial charge in [0.05, 0.1) is 13.2 Å². The fraction of sp³-hybridized carbons (Fsp3) is 0.500. The van der Waals surface area contributed by atoms with E-state index in [0.717, 1.165) is 5.56 Å². The molecule has 0 heterocycles. The molecule has 2 amide bonds. The first-order valence-corrected chi connectivity index (χ1v) is 7.13. The van der Waals surface area contributed by atoms with Crippen LogP contribution in [0.3, 0.4) is 0 Å². The number of urea groups is 1. The van der Waals surface area contributed by atoms with Crippen molar-refractivity contribution in [3.05, 3.63) is 35.9 Å². The molecular formula is C16H24N2O3. The Morgan fingerprint density at radius 1 is 1.10 bits per heavy atom. The molecule has 1 aromatic rings. The predicted octanol–water partition coefficient (Wildman–Crippen LogP) is 2.63. The molecule has 0 aliphatic rings. The smallest absolute Gasteiger partial charge is 0.328 e. The van der Waals surface area contributed by atoms with E-state index in [0.29, 0.717) is 6.42 Å². The largest absolute Gasteiger partial charge is 0.467 e. The molecule has 1 rings (SSSR count). The van der Waals surface area contributed by atoms with Crippen molar-refractivity contribution in [2.75, 3.05) is 7.11 Å². The summed E-state index contributed by atoms with van der Waals surface area (Å²) in [5, 5.41) is 5.50. The van der Waals surface area contributed by atoms with Gasteiger partial charge >= 0.3 is 12.0 Å². The number of amides is 2. The molecule has 0 aliphatic heterocycles. The van der Waals surface area contributed by atoms with Gasteiger partial charge in [-0.2, -0.15) is 0 Å². The number of hydrogen-bond donors (Lipinski definition) is 2. The van der Waals surface area contributed by atoms with E-state index in [4.69, 9.17) is 4.74 Å². The quantitative estimate of drug-likeness (QED) is 0.792. The van der Waals surface area contributed by atoms with Crippen molar-refractivity contribution in [1.29, 1.82) is 0 Å². The second-order valence-corrected chi connectivity index (χ2v) is 5.46. The minimum atomic E-state index is -0.627. The summed E-state index contributed by atoms with van der Waals surface area (Å²) >= 11 is 0. The third-order valence-corrected chi connectivity index (χ3v) is 3.15. The molecule has 0 radical (unpaired) electrons. The second kappa shape index (κ2) is 8.29. The molecule has 0 fully saturated rings. The van der Waals surface area contributed by atoms with E-state index in [1.807, 2.05) is 51.1 Å². The van der Waals surface area contributed by atoms with Crippen LogP contribution in [0.1, 0.15) is 38.8 Å². The summed E-state index contributed by atoms with van der Waals surface area (Å²) < 4.78 is 4.72. The van der Waals surface area contributed by atoms with Gasteiger partial charge in [0.15, 0.2) is 0 Å². The van der Waals surface area contributed by atoms with Crippen LogP contribution in [0.5, 0.6) is 0 Å². The Morgan fingerprint density at radius 3 is 2.24 bits per heavy atom. The van der Waals surface area contributed by atoms with E-state index in [1.165, 1.54) is 7.11 Å². The van der Waals surface area contributed by atoms with Crippen molar-refractivity contribution in [2.45, 2.75) is 39.3 Å². The first-order chi connectivity index (χ1) is 9.93. The summed E-state index contributed by atoms with van der Waals surface area (Å²) in [5.74, 6) is -0.146.